The molecule has 26 heavy (non-hydrogen) atoms. The lowest BCUT2D eigenvalue weighted by molar-refractivity contribution is 0.0944. The molecule has 2 aromatic carbocycles. The Morgan fingerprint density at radius 2 is 1.88 bits per heavy atom. The summed E-state index contributed by atoms with van der Waals surface area (Å²) in [5.41, 5.74) is 2.89. The van der Waals surface area contributed by atoms with Crippen LogP contribution < -0.4 is 5.32 Å². The van der Waals surface area contributed by atoms with E-state index < -0.39 is 17.8 Å². The first kappa shape index (κ1) is 17.3. The molecular formula is C21H16FN3O. The summed E-state index contributed by atoms with van der Waals surface area (Å²) in [5, 5.41) is 12.0. The van der Waals surface area contributed by atoms with Gasteiger partial charge >= 0.3 is 0 Å². The van der Waals surface area contributed by atoms with Gasteiger partial charge < -0.3 is 5.32 Å². The zero-order valence-electron chi connectivity index (χ0n) is 14.1. The third-order valence-electron chi connectivity index (χ3n) is 4.14. The highest BCUT2D eigenvalue weighted by atomic mass is 19.1. The fraction of sp³-hybridized carbons (Fsp3) is 0.0952. The number of pyridine rings is 1. The van der Waals surface area contributed by atoms with E-state index in [0.717, 1.165) is 16.8 Å². The highest BCUT2D eigenvalue weighted by Crippen LogP contribution is 2.24. The molecule has 128 valence electrons. The summed E-state index contributed by atoms with van der Waals surface area (Å²) in [6.45, 7) is 1.82. The molecule has 3 rings (SSSR count). The van der Waals surface area contributed by atoms with Gasteiger partial charge in [-0.3, -0.25) is 9.78 Å². The third kappa shape index (κ3) is 3.45. The SMILES string of the molecule is Cc1c(C(=O)N[C@H](C#N)c2ccccc2F)cccc1-c1ccccn1. The van der Waals surface area contributed by atoms with Crippen LogP contribution in [-0.4, -0.2) is 10.9 Å². The Balaban J connectivity index is 1.91. The van der Waals surface area contributed by atoms with Crippen LogP contribution in [0, 0.1) is 24.1 Å². The van der Waals surface area contributed by atoms with Gasteiger partial charge in [0, 0.05) is 22.9 Å². The molecule has 3 aromatic rings. The molecule has 1 amide bonds. The van der Waals surface area contributed by atoms with Gasteiger partial charge in [0.1, 0.15) is 11.9 Å². The molecule has 0 unspecified atom stereocenters. The molecule has 1 atom stereocenters. The maximum Gasteiger partial charge on any atom is 0.252 e. The van der Waals surface area contributed by atoms with E-state index in [2.05, 4.69) is 10.3 Å². The van der Waals surface area contributed by atoms with E-state index in [4.69, 9.17) is 0 Å². The van der Waals surface area contributed by atoms with Crippen molar-refractivity contribution in [2.24, 2.45) is 0 Å². The molecule has 0 aliphatic carbocycles. The van der Waals surface area contributed by atoms with Crippen molar-refractivity contribution in [1.82, 2.24) is 10.3 Å². The largest absolute Gasteiger partial charge is 0.332 e. The van der Waals surface area contributed by atoms with Gasteiger partial charge in [0.15, 0.2) is 0 Å². The molecule has 5 heteroatoms. The van der Waals surface area contributed by atoms with Crippen molar-refractivity contribution < 1.29 is 9.18 Å². The molecule has 0 fully saturated rings. The van der Waals surface area contributed by atoms with Gasteiger partial charge in [-0.05, 0) is 36.8 Å². The molecule has 0 aliphatic rings. The number of rotatable bonds is 4. The summed E-state index contributed by atoms with van der Waals surface area (Å²) in [7, 11) is 0. The average Bonchev–Trinajstić information content (AvgIpc) is 2.67. The van der Waals surface area contributed by atoms with Crippen molar-refractivity contribution in [3.05, 3.63) is 89.4 Å². The van der Waals surface area contributed by atoms with E-state index in [1.54, 1.807) is 24.4 Å². The number of carbonyl (C=O) groups excluding carboxylic acids is 1. The highest BCUT2D eigenvalue weighted by molar-refractivity contribution is 5.97. The second-order valence-electron chi connectivity index (χ2n) is 5.75. The number of hydrogen-bond donors (Lipinski definition) is 1. The van der Waals surface area contributed by atoms with E-state index in [0.29, 0.717) is 5.56 Å². The topological polar surface area (TPSA) is 65.8 Å². The van der Waals surface area contributed by atoms with Crippen LogP contribution in [0.1, 0.15) is 27.5 Å². The molecule has 0 aliphatic heterocycles. The van der Waals surface area contributed by atoms with Gasteiger partial charge in [-0.2, -0.15) is 5.26 Å². The van der Waals surface area contributed by atoms with Crippen molar-refractivity contribution in [1.29, 1.82) is 5.26 Å². The minimum absolute atomic E-state index is 0.141. The number of nitrogens with zero attached hydrogens (tertiary/aromatic N) is 2. The molecule has 1 N–H and O–H groups in total. The van der Waals surface area contributed by atoms with Gasteiger partial charge in [0.05, 0.1) is 11.8 Å². The molecule has 0 radical (unpaired) electrons. The number of hydrogen-bond acceptors (Lipinski definition) is 3. The van der Waals surface area contributed by atoms with Crippen molar-refractivity contribution in [3.8, 4) is 17.3 Å². The Hall–Kier alpha value is -3.52. The summed E-state index contributed by atoms with van der Waals surface area (Å²) in [6, 6.07) is 17.7. The number of aromatic nitrogens is 1. The van der Waals surface area contributed by atoms with Gasteiger partial charge in [-0.25, -0.2) is 4.39 Å². The molecule has 1 aromatic heterocycles. The number of halogens is 1. The molecular weight excluding hydrogens is 329 g/mol. The van der Waals surface area contributed by atoms with Crippen molar-refractivity contribution in [3.63, 3.8) is 0 Å². The summed E-state index contributed by atoms with van der Waals surface area (Å²) >= 11 is 0. The molecule has 0 bridgehead atoms. The number of carbonyl (C=O) groups is 1. The first-order valence-corrected chi connectivity index (χ1v) is 8.07. The van der Waals surface area contributed by atoms with Gasteiger partial charge in [0.25, 0.3) is 5.91 Å². The molecule has 0 saturated heterocycles. The Morgan fingerprint density at radius 1 is 1.12 bits per heavy atom. The smallest absolute Gasteiger partial charge is 0.252 e. The van der Waals surface area contributed by atoms with Crippen molar-refractivity contribution in [2.75, 3.05) is 0 Å². The van der Waals surface area contributed by atoms with Gasteiger partial charge in [0.2, 0.25) is 0 Å². The van der Waals surface area contributed by atoms with Crippen molar-refractivity contribution >= 4 is 5.91 Å². The Kier molecular flexibility index (Phi) is 5.04. The normalized spacial score (nSPS) is 11.4. The van der Waals surface area contributed by atoms with E-state index in [9.17, 15) is 14.4 Å². The summed E-state index contributed by atoms with van der Waals surface area (Å²) < 4.78 is 13.9. The number of benzene rings is 2. The predicted molar refractivity (Wildman–Crippen MR) is 96.6 cm³/mol. The van der Waals surface area contributed by atoms with Crippen LogP contribution in [0.15, 0.2) is 66.9 Å². The van der Waals surface area contributed by atoms with E-state index >= 15 is 0 Å². The molecule has 0 spiro atoms. The zero-order valence-corrected chi connectivity index (χ0v) is 14.1. The minimum atomic E-state index is -1.07. The quantitative estimate of drug-likeness (QED) is 0.771. The van der Waals surface area contributed by atoms with Crippen LogP contribution in [0.3, 0.4) is 0 Å². The number of nitrogens with one attached hydrogen (secondary N) is 1. The summed E-state index contributed by atoms with van der Waals surface area (Å²) in [6.07, 6.45) is 1.69. The summed E-state index contributed by atoms with van der Waals surface area (Å²) in [4.78, 5) is 17.0. The first-order chi connectivity index (χ1) is 12.6. The fourth-order valence-corrected chi connectivity index (χ4v) is 2.78. The lowest BCUT2D eigenvalue weighted by Crippen LogP contribution is -2.28. The monoisotopic (exact) mass is 345 g/mol. The van der Waals surface area contributed by atoms with Crippen molar-refractivity contribution in [2.45, 2.75) is 13.0 Å². The molecule has 0 saturated carbocycles. The maximum atomic E-state index is 13.9. The first-order valence-electron chi connectivity index (χ1n) is 8.07. The molecule has 1 heterocycles. The Morgan fingerprint density at radius 3 is 2.58 bits per heavy atom. The minimum Gasteiger partial charge on any atom is -0.332 e. The van der Waals surface area contributed by atoms with Crippen LogP contribution in [0.5, 0.6) is 0 Å². The van der Waals surface area contributed by atoms with E-state index in [1.807, 2.05) is 37.3 Å². The fourth-order valence-electron chi connectivity index (χ4n) is 2.78. The predicted octanol–water partition coefficient (Wildman–Crippen LogP) is 4.19. The zero-order chi connectivity index (χ0) is 18.5. The Labute approximate surface area is 150 Å². The maximum absolute atomic E-state index is 13.9. The highest BCUT2D eigenvalue weighted by Gasteiger charge is 2.20. The van der Waals surface area contributed by atoms with Crippen LogP contribution >= 0.6 is 0 Å². The van der Waals surface area contributed by atoms with Crippen LogP contribution in [0.2, 0.25) is 0 Å². The standard InChI is InChI=1S/C21H16FN3O/c1-14-15(19-11-4-5-12-24-19)8-6-9-16(14)21(26)25-20(13-23)17-7-2-3-10-18(17)22/h2-12,20H,1H3,(H,25,26)/t20-/m1/s1. The second-order valence-corrected chi connectivity index (χ2v) is 5.75. The van der Waals surface area contributed by atoms with Crippen LogP contribution in [0.4, 0.5) is 4.39 Å². The van der Waals surface area contributed by atoms with E-state index in [1.165, 1.54) is 18.2 Å². The van der Waals surface area contributed by atoms with Crippen LogP contribution in [-0.2, 0) is 0 Å². The van der Waals surface area contributed by atoms with Crippen LogP contribution in [0.25, 0.3) is 11.3 Å². The summed E-state index contributed by atoms with van der Waals surface area (Å²) in [5.74, 6) is -0.964. The van der Waals surface area contributed by atoms with E-state index in [-0.39, 0.29) is 5.56 Å². The number of amides is 1. The third-order valence-corrected chi connectivity index (χ3v) is 4.14. The van der Waals surface area contributed by atoms with Gasteiger partial charge in [-0.15, -0.1) is 0 Å². The number of nitriles is 1. The van der Waals surface area contributed by atoms with Gasteiger partial charge in [-0.1, -0.05) is 36.4 Å². The second kappa shape index (κ2) is 7.58. The lowest BCUT2D eigenvalue weighted by atomic mass is 9.98. The lowest BCUT2D eigenvalue weighted by Gasteiger charge is -2.15. The molecule has 4 nitrogen and oxygen atoms in total. The average molecular weight is 345 g/mol. The Bertz CT molecular complexity index is 980.